The normalized spacial score (nSPS) is 18.1. The molecule has 0 bridgehead atoms. The fourth-order valence-corrected chi connectivity index (χ4v) is 2.79. The first-order valence-electron chi connectivity index (χ1n) is 7.52. The average molecular weight is 325 g/mol. The summed E-state index contributed by atoms with van der Waals surface area (Å²) in [6.45, 7) is 4.06. The van der Waals surface area contributed by atoms with Crippen LogP contribution < -0.4 is 5.32 Å². The van der Waals surface area contributed by atoms with Gasteiger partial charge in [0.25, 0.3) is 5.91 Å². The molecule has 0 radical (unpaired) electrons. The van der Waals surface area contributed by atoms with Gasteiger partial charge in [-0.05, 0) is 37.0 Å². The Bertz CT molecular complexity index is 562. The SMILES string of the molecule is C[C@@H]1CCCN(C(=O)CCNC(=O)c2ccc(O)c(Cl)c2)C1. The summed E-state index contributed by atoms with van der Waals surface area (Å²) >= 11 is 5.77. The first-order chi connectivity index (χ1) is 10.5. The molecule has 1 aromatic rings. The number of hydrogen-bond donors (Lipinski definition) is 2. The lowest BCUT2D eigenvalue weighted by Gasteiger charge is -2.31. The van der Waals surface area contributed by atoms with E-state index in [0.29, 0.717) is 24.4 Å². The molecule has 1 saturated heterocycles. The topological polar surface area (TPSA) is 69.6 Å². The van der Waals surface area contributed by atoms with Crippen molar-refractivity contribution < 1.29 is 14.7 Å². The molecule has 120 valence electrons. The summed E-state index contributed by atoms with van der Waals surface area (Å²) < 4.78 is 0. The van der Waals surface area contributed by atoms with E-state index >= 15 is 0 Å². The molecule has 2 rings (SSSR count). The molecule has 1 aliphatic rings. The zero-order chi connectivity index (χ0) is 16.1. The third kappa shape index (κ3) is 4.37. The molecule has 22 heavy (non-hydrogen) atoms. The molecular formula is C16H21ClN2O3. The number of rotatable bonds is 4. The minimum atomic E-state index is -0.304. The van der Waals surface area contributed by atoms with Crippen LogP contribution in [0.25, 0.3) is 0 Å². The molecule has 1 heterocycles. The molecule has 1 aromatic carbocycles. The second kappa shape index (κ2) is 7.49. The molecule has 1 atom stereocenters. The van der Waals surface area contributed by atoms with Gasteiger partial charge in [-0.15, -0.1) is 0 Å². The largest absolute Gasteiger partial charge is 0.506 e. The summed E-state index contributed by atoms with van der Waals surface area (Å²) in [4.78, 5) is 25.9. The Morgan fingerprint density at radius 1 is 1.45 bits per heavy atom. The molecule has 0 saturated carbocycles. The van der Waals surface area contributed by atoms with Gasteiger partial charge in [-0.25, -0.2) is 0 Å². The van der Waals surface area contributed by atoms with Gasteiger partial charge in [0.2, 0.25) is 5.91 Å². The number of aromatic hydroxyl groups is 1. The number of amides is 2. The lowest BCUT2D eigenvalue weighted by atomic mass is 10.00. The number of piperidine rings is 1. The van der Waals surface area contributed by atoms with E-state index in [1.165, 1.54) is 24.6 Å². The van der Waals surface area contributed by atoms with E-state index < -0.39 is 0 Å². The Hall–Kier alpha value is -1.75. The number of likely N-dealkylation sites (tertiary alicyclic amines) is 1. The molecule has 5 nitrogen and oxygen atoms in total. The number of carbonyl (C=O) groups is 2. The second-order valence-electron chi connectivity index (χ2n) is 5.76. The number of halogens is 1. The third-order valence-electron chi connectivity index (χ3n) is 3.84. The van der Waals surface area contributed by atoms with Gasteiger partial charge in [0.15, 0.2) is 0 Å². The van der Waals surface area contributed by atoms with Crippen LogP contribution in [0.4, 0.5) is 0 Å². The molecule has 1 aliphatic heterocycles. The zero-order valence-corrected chi connectivity index (χ0v) is 13.4. The highest BCUT2D eigenvalue weighted by Gasteiger charge is 2.20. The van der Waals surface area contributed by atoms with E-state index in [4.69, 9.17) is 11.6 Å². The van der Waals surface area contributed by atoms with Crippen LogP contribution in [-0.2, 0) is 4.79 Å². The van der Waals surface area contributed by atoms with Crippen molar-refractivity contribution in [2.75, 3.05) is 19.6 Å². The van der Waals surface area contributed by atoms with E-state index in [9.17, 15) is 14.7 Å². The van der Waals surface area contributed by atoms with Gasteiger partial charge < -0.3 is 15.3 Å². The quantitative estimate of drug-likeness (QED) is 0.893. The summed E-state index contributed by atoms with van der Waals surface area (Å²) in [5.74, 6) is 0.261. The Balaban J connectivity index is 1.79. The highest BCUT2D eigenvalue weighted by atomic mass is 35.5. The van der Waals surface area contributed by atoms with E-state index in [1.807, 2.05) is 4.90 Å². The number of benzene rings is 1. The molecule has 0 aromatic heterocycles. The van der Waals surface area contributed by atoms with Gasteiger partial charge in [-0.2, -0.15) is 0 Å². The minimum Gasteiger partial charge on any atom is -0.506 e. The van der Waals surface area contributed by atoms with E-state index in [-0.39, 0.29) is 22.6 Å². The number of nitrogens with zero attached hydrogens (tertiary/aromatic N) is 1. The van der Waals surface area contributed by atoms with Gasteiger partial charge in [-0.3, -0.25) is 9.59 Å². The fraction of sp³-hybridized carbons (Fsp3) is 0.500. The highest BCUT2D eigenvalue weighted by molar-refractivity contribution is 6.32. The molecule has 0 aliphatic carbocycles. The molecule has 0 spiro atoms. The van der Waals surface area contributed by atoms with Crippen molar-refractivity contribution in [1.82, 2.24) is 10.2 Å². The molecular weight excluding hydrogens is 304 g/mol. The molecule has 2 amide bonds. The molecule has 2 N–H and O–H groups in total. The fourth-order valence-electron chi connectivity index (χ4n) is 2.61. The van der Waals surface area contributed by atoms with Crippen LogP contribution >= 0.6 is 11.6 Å². The summed E-state index contributed by atoms with van der Waals surface area (Å²) in [6, 6.07) is 4.27. The summed E-state index contributed by atoms with van der Waals surface area (Å²) in [6.07, 6.45) is 2.51. The monoisotopic (exact) mass is 324 g/mol. The van der Waals surface area contributed by atoms with Crippen molar-refractivity contribution in [1.29, 1.82) is 0 Å². The molecule has 0 unspecified atom stereocenters. The van der Waals surface area contributed by atoms with Crippen LogP contribution in [0.3, 0.4) is 0 Å². The van der Waals surface area contributed by atoms with Crippen LogP contribution in [0.2, 0.25) is 5.02 Å². The van der Waals surface area contributed by atoms with E-state index in [0.717, 1.165) is 19.5 Å². The number of carbonyl (C=O) groups excluding carboxylic acids is 2. The van der Waals surface area contributed by atoms with E-state index in [2.05, 4.69) is 12.2 Å². The number of phenols is 1. The Morgan fingerprint density at radius 2 is 2.23 bits per heavy atom. The number of hydrogen-bond acceptors (Lipinski definition) is 3. The maximum Gasteiger partial charge on any atom is 0.251 e. The van der Waals surface area contributed by atoms with Crippen molar-refractivity contribution in [3.05, 3.63) is 28.8 Å². The smallest absolute Gasteiger partial charge is 0.251 e. The lowest BCUT2D eigenvalue weighted by Crippen LogP contribution is -2.40. The summed E-state index contributed by atoms with van der Waals surface area (Å²) in [7, 11) is 0. The Kier molecular flexibility index (Phi) is 5.66. The second-order valence-corrected chi connectivity index (χ2v) is 6.17. The zero-order valence-electron chi connectivity index (χ0n) is 12.6. The molecule has 1 fully saturated rings. The van der Waals surface area contributed by atoms with Crippen LogP contribution in [0.15, 0.2) is 18.2 Å². The summed E-state index contributed by atoms with van der Waals surface area (Å²) in [5, 5.41) is 12.2. The Labute approximate surface area is 135 Å². The van der Waals surface area contributed by atoms with Gasteiger partial charge in [0.05, 0.1) is 5.02 Å². The van der Waals surface area contributed by atoms with E-state index in [1.54, 1.807) is 0 Å². The maximum absolute atomic E-state index is 12.1. The number of nitrogens with one attached hydrogen (secondary N) is 1. The van der Waals surface area contributed by atoms with Gasteiger partial charge in [-0.1, -0.05) is 18.5 Å². The number of phenolic OH excluding ortho intramolecular Hbond substituents is 1. The first kappa shape index (κ1) is 16.6. The third-order valence-corrected chi connectivity index (χ3v) is 4.15. The van der Waals surface area contributed by atoms with Crippen LogP contribution in [0.1, 0.15) is 36.5 Å². The minimum absolute atomic E-state index is 0.0624. The first-order valence-corrected chi connectivity index (χ1v) is 7.89. The van der Waals surface area contributed by atoms with Crippen LogP contribution in [0.5, 0.6) is 5.75 Å². The summed E-state index contributed by atoms with van der Waals surface area (Å²) in [5.41, 5.74) is 0.363. The predicted octanol–water partition coefficient (Wildman–Crippen LogP) is 2.42. The predicted molar refractivity (Wildman–Crippen MR) is 85.0 cm³/mol. The lowest BCUT2D eigenvalue weighted by molar-refractivity contribution is -0.132. The van der Waals surface area contributed by atoms with Crippen molar-refractivity contribution in [2.24, 2.45) is 5.92 Å². The van der Waals surface area contributed by atoms with Crippen molar-refractivity contribution >= 4 is 23.4 Å². The van der Waals surface area contributed by atoms with Gasteiger partial charge >= 0.3 is 0 Å². The van der Waals surface area contributed by atoms with Gasteiger partial charge in [0.1, 0.15) is 5.75 Å². The molecule has 6 heteroatoms. The average Bonchev–Trinajstić information content (AvgIpc) is 2.49. The van der Waals surface area contributed by atoms with Crippen molar-refractivity contribution in [3.63, 3.8) is 0 Å². The van der Waals surface area contributed by atoms with Crippen molar-refractivity contribution in [2.45, 2.75) is 26.2 Å². The van der Waals surface area contributed by atoms with Crippen LogP contribution in [-0.4, -0.2) is 41.5 Å². The maximum atomic E-state index is 12.1. The highest BCUT2D eigenvalue weighted by Crippen LogP contribution is 2.23. The van der Waals surface area contributed by atoms with Crippen LogP contribution in [0, 0.1) is 5.92 Å². The van der Waals surface area contributed by atoms with Crippen molar-refractivity contribution in [3.8, 4) is 5.75 Å². The Morgan fingerprint density at radius 3 is 2.91 bits per heavy atom. The van der Waals surface area contributed by atoms with Gasteiger partial charge in [0, 0.05) is 31.6 Å². The standard InChI is InChI=1S/C16H21ClN2O3/c1-11-3-2-8-19(10-11)15(21)6-7-18-16(22)12-4-5-14(20)13(17)9-12/h4-5,9,11,20H,2-3,6-8,10H2,1H3,(H,18,22)/t11-/m1/s1.